The van der Waals surface area contributed by atoms with Crippen LogP contribution < -0.4 is 0 Å². The van der Waals surface area contributed by atoms with E-state index in [1.807, 2.05) is 12.3 Å². The van der Waals surface area contributed by atoms with Crippen molar-refractivity contribution in [3.8, 4) is 0 Å². The minimum absolute atomic E-state index is 0.0590. The fraction of sp³-hybridized carbons (Fsp3) is 0.190. The maximum Gasteiger partial charge on any atom is 0.0786 e. The molecule has 0 bridgehead atoms. The Kier molecular flexibility index (Phi) is 2.03. The predicted molar refractivity (Wildman–Crippen MR) is 93.6 cm³/mol. The molecule has 5 rings (SSSR count). The van der Waals surface area contributed by atoms with E-state index in [0.29, 0.717) is 0 Å². The first-order chi connectivity index (χ1) is 10.6. The molecule has 0 saturated carbocycles. The Labute approximate surface area is 129 Å². The summed E-state index contributed by atoms with van der Waals surface area (Å²) in [5, 5.41) is 6.74. The van der Waals surface area contributed by atoms with Gasteiger partial charge in [-0.1, -0.05) is 49.7 Å². The number of pyridine rings is 1. The molecule has 0 amide bonds. The van der Waals surface area contributed by atoms with Crippen molar-refractivity contribution in [2.24, 2.45) is 0 Å². The fourth-order valence-electron chi connectivity index (χ4n) is 4.28. The highest BCUT2D eigenvalue weighted by Crippen LogP contribution is 2.51. The number of aromatic nitrogens is 1. The van der Waals surface area contributed by atoms with Gasteiger partial charge in [-0.2, -0.15) is 0 Å². The van der Waals surface area contributed by atoms with Crippen LogP contribution in [0, 0.1) is 6.92 Å². The third kappa shape index (κ3) is 1.24. The van der Waals surface area contributed by atoms with E-state index in [4.69, 9.17) is 4.98 Å². The molecule has 0 unspecified atom stereocenters. The van der Waals surface area contributed by atoms with Crippen molar-refractivity contribution >= 4 is 32.4 Å². The van der Waals surface area contributed by atoms with Crippen LogP contribution >= 0.6 is 0 Å². The molecule has 1 heteroatoms. The van der Waals surface area contributed by atoms with Crippen molar-refractivity contribution in [1.29, 1.82) is 0 Å². The monoisotopic (exact) mass is 283 g/mol. The topological polar surface area (TPSA) is 12.9 Å². The van der Waals surface area contributed by atoms with Gasteiger partial charge in [-0.05, 0) is 46.3 Å². The second-order valence-electron chi connectivity index (χ2n) is 6.99. The van der Waals surface area contributed by atoms with Crippen LogP contribution in [0.4, 0.5) is 0 Å². The van der Waals surface area contributed by atoms with Gasteiger partial charge in [0.15, 0.2) is 0 Å². The summed E-state index contributed by atoms with van der Waals surface area (Å²) < 4.78 is 0. The molecule has 22 heavy (non-hydrogen) atoms. The van der Waals surface area contributed by atoms with E-state index < -0.39 is 0 Å². The van der Waals surface area contributed by atoms with Crippen molar-refractivity contribution in [3.05, 3.63) is 65.4 Å². The molecule has 0 spiro atoms. The van der Waals surface area contributed by atoms with Crippen LogP contribution in [0.1, 0.15) is 30.5 Å². The van der Waals surface area contributed by atoms with E-state index >= 15 is 0 Å². The maximum absolute atomic E-state index is 4.71. The fourth-order valence-corrected chi connectivity index (χ4v) is 4.28. The van der Waals surface area contributed by atoms with E-state index in [0.717, 1.165) is 5.52 Å². The lowest BCUT2D eigenvalue weighted by atomic mass is 9.81. The number of hydrogen-bond donors (Lipinski definition) is 0. The third-order valence-corrected chi connectivity index (χ3v) is 5.30. The summed E-state index contributed by atoms with van der Waals surface area (Å²) in [4.78, 5) is 4.71. The van der Waals surface area contributed by atoms with Gasteiger partial charge in [0.25, 0.3) is 0 Å². The van der Waals surface area contributed by atoms with Crippen LogP contribution in [0.25, 0.3) is 32.4 Å². The van der Waals surface area contributed by atoms with Crippen LogP contribution in [0.15, 0.2) is 48.7 Å². The van der Waals surface area contributed by atoms with Crippen molar-refractivity contribution in [1.82, 2.24) is 4.98 Å². The number of fused-ring (bicyclic) bond motifs is 3. The van der Waals surface area contributed by atoms with Gasteiger partial charge in [0.05, 0.1) is 5.52 Å². The minimum Gasteiger partial charge on any atom is -0.256 e. The predicted octanol–water partition coefficient (Wildman–Crippen LogP) is 5.49. The third-order valence-electron chi connectivity index (χ3n) is 5.30. The molecule has 0 fully saturated rings. The Morgan fingerprint density at radius 3 is 2.45 bits per heavy atom. The Hall–Kier alpha value is -2.41. The van der Waals surface area contributed by atoms with Crippen LogP contribution in [0.3, 0.4) is 0 Å². The van der Waals surface area contributed by atoms with Crippen molar-refractivity contribution in [3.63, 3.8) is 0 Å². The molecule has 1 aliphatic rings. The summed E-state index contributed by atoms with van der Waals surface area (Å²) in [5.41, 5.74) is 5.39. The van der Waals surface area contributed by atoms with E-state index in [9.17, 15) is 0 Å². The molecule has 1 aromatic heterocycles. The van der Waals surface area contributed by atoms with Crippen molar-refractivity contribution < 1.29 is 0 Å². The Bertz CT molecular complexity index is 1100. The number of nitrogens with zero attached hydrogens (tertiary/aromatic N) is 1. The lowest BCUT2D eigenvalue weighted by Gasteiger charge is -2.22. The van der Waals surface area contributed by atoms with Gasteiger partial charge in [0, 0.05) is 22.4 Å². The lowest BCUT2D eigenvalue weighted by molar-refractivity contribution is 0.662. The van der Waals surface area contributed by atoms with Crippen molar-refractivity contribution in [2.45, 2.75) is 26.2 Å². The average Bonchev–Trinajstić information content (AvgIpc) is 2.75. The molecule has 0 aliphatic heterocycles. The average molecular weight is 283 g/mol. The van der Waals surface area contributed by atoms with Crippen LogP contribution in [0.2, 0.25) is 0 Å². The maximum atomic E-state index is 4.71. The lowest BCUT2D eigenvalue weighted by Crippen LogP contribution is -2.15. The highest BCUT2D eigenvalue weighted by atomic mass is 14.6. The molecule has 0 N–H and O–H groups in total. The molecule has 0 atom stereocenters. The standard InChI is InChI=1S/C21H17N/c1-12-10-15-19-17(11-12)21(2,3)16-8-4-6-13(18(16)19)14-7-5-9-22-20(14)15/h4-11H,1-3H3. The molecular formula is C21H17N. The van der Waals surface area contributed by atoms with Gasteiger partial charge in [0.2, 0.25) is 0 Å². The molecule has 1 heterocycles. The summed E-state index contributed by atoms with van der Waals surface area (Å²) in [6.45, 7) is 6.87. The molecule has 4 aromatic rings. The van der Waals surface area contributed by atoms with Gasteiger partial charge >= 0.3 is 0 Å². The summed E-state index contributed by atoms with van der Waals surface area (Å²) in [6.07, 6.45) is 1.91. The molecule has 0 radical (unpaired) electrons. The minimum atomic E-state index is 0.0590. The van der Waals surface area contributed by atoms with E-state index in [1.165, 1.54) is 43.6 Å². The Morgan fingerprint density at radius 2 is 1.59 bits per heavy atom. The highest BCUT2D eigenvalue weighted by Gasteiger charge is 2.34. The Balaban J connectivity index is 2.25. The van der Waals surface area contributed by atoms with Crippen LogP contribution in [-0.4, -0.2) is 4.98 Å². The Morgan fingerprint density at radius 1 is 0.818 bits per heavy atom. The number of rotatable bonds is 0. The largest absolute Gasteiger partial charge is 0.256 e. The number of benzene rings is 3. The van der Waals surface area contributed by atoms with E-state index in [2.05, 4.69) is 57.2 Å². The van der Waals surface area contributed by atoms with Crippen LogP contribution in [0.5, 0.6) is 0 Å². The van der Waals surface area contributed by atoms with Crippen molar-refractivity contribution in [2.75, 3.05) is 0 Å². The molecule has 1 nitrogen and oxygen atoms in total. The molecule has 1 aliphatic carbocycles. The molecular weight excluding hydrogens is 266 g/mol. The first-order valence-electron chi connectivity index (χ1n) is 7.84. The first-order valence-corrected chi connectivity index (χ1v) is 7.84. The van der Waals surface area contributed by atoms with Gasteiger partial charge < -0.3 is 0 Å². The van der Waals surface area contributed by atoms with Gasteiger partial charge in [-0.3, -0.25) is 4.98 Å². The quantitative estimate of drug-likeness (QED) is 0.389. The number of aryl methyl sites for hydroxylation is 1. The highest BCUT2D eigenvalue weighted by molar-refractivity contribution is 6.28. The smallest absolute Gasteiger partial charge is 0.0786 e. The van der Waals surface area contributed by atoms with Gasteiger partial charge in [-0.15, -0.1) is 0 Å². The summed E-state index contributed by atoms with van der Waals surface area (Å²) >= 11 is 0. The second kappa shape index (κ2) is 3.67. The molecule has 3 aromatic carbocycles. The van der Waals surface area contributed by atoms with Gasteiger partial charge in [0.1, 0.15) is 0 Å². The summed E-state index contributed by atoms with van der Waals surface area (Å²) in [6, 6.07) is 15.6. The van der Waals surface area contributed by atoms with E-state index in [1.54, 1.807) is 0 Å². The van der Waals surface area contributed by atoms with Gasteiger partial charge in [-0.25, -0.2) is 0 Å². The number of hydrogen-bond acceptors (Lipinski definition) is 1. The normalized spacial score (nSPS) is 15.4. The summed E-state index contributed by atoms with van der Waals surface area (Å²) in [7, 11) is 0. The zero-order chi connectivity index (χ0) is 15.1. The first kappa shape index (κ1) is 12.2. The summed E-state index contributed by atoms with van der Waals surface area (Å²) in [5.74, 6) is 0. The zero-order valence-corrected chi connectivity index (χ0v) is 13.1. The molecule has 0 saturated heterocycles. The molecule has 106 valence electrons. The van der Waals surface area contributed by atoms with E-state index in [-0.39, 0.29) is 5.41 Å². The second-order valence-corrected chi connectivity index (χ2v) is 6.99. The van der Waals surface area contributed by atoms with Crippen LogP contribution in [-0.2, 0) is 5.41 Å². The SMILES string of the molecule is Cc1cc2c3c(c1)c1ncccc1c1cccc(c13)C2(C)C. The zero-order valence-electron chi connectivity index (χ0n) is 13.1.